The van der Waals surface area contributed by atoms with Crippen LogP contribution in [0.1, 0.15) is 25.6 Å². The monoisotopic (exact) mass is 189 g/mol. The Hall–Kier alpha value is -1.28. The molecule has 1 aromatic carbocycles. The van der Waals surface area contributed by atoms with Crippen LogP contribution >= 0.6 is 0 Å². The molecular formula is C12H15NO. The smallest absolute Gasteiger partial charge is 0.134 e. The van der Waals surface area contributed by atoms with Crippen molar-refractivity contribution in [2.75, 3.05) is 0 Å². The molecule has 74 valence electrons. The average molecular weight is 189 g/mol. The molecule has 2 N–H and O–H groups in total. The lowest BCUT2D eigenvalue weighted by molar-refractivity contribution is 0.418. The van der Waals surface area contributed by atoms with Crippen LogP contribution in [-0.4, -0.2) is 0 Å². The zero-order valence-electron chi connectivity index (χ0n) is 8.53. The fourth-order valence-corrected chi connectivity index (χ4v) is 1.50. The van der Waals surface area contributed by atoms with Crippen molar-refractivity contribution >= 4 is 11.0 Å². The van der Waals surface area contributed by atoms with E-state index in [9.17, 15) is 0 Å². The van der Waals surface area contributed by atoms with Crippen molar-refractivity contribution < 1.29 is 4.42 Å². The van der Waals surface area contributed by atoms with Gasteiger partial charge in [0.15, 0.2) is 0 Å². The number of para-hydroxylation sites is 1. The summed E-state index contributed by atoms with van der Waals surface area (Å²) in [6.45, 7) is 4.19. The summed E-state index contributed by atoms with van der Waals surface area (Å²) in [6.07, 6.45) is 0. The Morgan fingerprint density at radius 2 is 1.93 bits per heavy atom. The molecule has 1 heterocycles. The molecule has 0 fully saturated rings. The summed E-state index contributed by atoms with van der Waals surface area (Å²) in [4.78, 5) is 0. The second-order valence-corrected chi connectivity index (χ2v) is 3.96. The van der Waals surface area contributed by atoms with Crippen molar-refractivity contribution in [2.45, 2.75) is 19.9 Å². The molecule has 2 aromatic rings. The molecule has 0 aliphatic rings. The fraction of sp³-hybridized carbons (Fsp3) is 0.333. The van der Waals surface area contributed by atoms with Crippen molar-refractivity contribution in [3.63, 3.8) is 0 Å². The van der Waals surface area contributed by atoms with Gasteiger partial charge < -0.3 is 10.2 Å². The van der Waals surface area contributed by atoms with Gasteiger partial charge in [-0.05, 0) is 18.1 Å². The van der Waals surface area contributed by atoms with Gasteiger partial charge in [0.05, 0.1) is 6.04 Å². The standard InChI is InChI=1S/C12H15NO/c1-8(2)12(13)11-7-9-5-3-4-6-10(9)14-11/h3-8,12H,13H2,1-2H3/t12-/m1/s1. The lowest BCUT2D eigenvalue weighted by Crippen LogP contribution is -2.15. The molecule has 0 spiro atoms. The minimum absolute atomic E-state index is 0.0117. The molecule has 0 radical (unpaired) electrons. The first-order valence-electron chi connectivity index (χ1n) is 4.92. The summed E-state index contributed by atoms with van der Waals surface area (Å²) < 4.78 is 5.67. The number of hydrogen-bond donors (Lipinski definition) is 1. The number of rotatable bonds is 2. The quantitative estimate of drug-likeness (QED) is 0.788. The highest BCUT2D eigenvalue weighted by molar-refractivity contribution is 5.77. The van der Waals surface area contributed by atoms with Crippen LogP contribution in [0.5, 0.6) is 0 Å². The minimum Gasteiger partial charge on any atom is -0.459 e. The van der Waals surface area contributed by atoms with Gasteiger partial charge in [0, 0.05) is 5.39 Å². The number of fused-ring (bicyclic) bond motifs is 1. The maximum Gasteiger partial charge on any atom is 0.134 e. The van der Waals surface area contributed by atoms with E-state index in [0.717, 1.165) is 16.7 Å². The summed E-state index contributed by atoms with van der Waals surface area (Å²) in [5.74, 6) is 1.27. The summed E-state index contributed by atoms with van der Waals surface area (Å²) in [5.41, 5.74) is 6.92. The SMILES string of the molecule is CC(C)[C@@H](N)c1cc2ccccc2o1. The highest BCUT2D eigenvalue weighted by Gasteiger charge is 2.14. The molecule has 0 bridgehead atoms. The largest absolute Gasteiger partial charge is 0.459 e. The molecule has 1 aromatic heterocycles. The molecule has 0 aliphatic carbocycles. The van der Waals surface area contributed by atoms with E-state index in [4.69, 9.17) is 10.2 Å². The molecule has 0 saturated heterocycles. The van der Waals surface area contributed by atoms with Crippen LogP contribution in [0.2, 0.25) is 0 Å². The van der Waals surface area contributed by atoms with Gasteiger partial charge in [0.25, 0.3) is 0 Å². The van der Waals surface area contributed by atoms with Crippen molar-refractivity contribution in [2.24, 2.45) is 11.7 Å². The van der Waals surface area contributed by atoms with Crippen LogP contribution in [-0.2, 0) is 0 Å². The lowest BCUT2D eigenvalue weighted by Gasteiger charge is -2.11. The van der Waals surface area contributed by atoms with Crippen LogP contribution in [0.3, 0.4) is 0 Å². The Bertz CT molecular complexity index is 398. The average Bonchev–Trinajstić information content (AvgIpc) is 2.59. The minimum atomic E-state index is -0.0117. The number of nitrogens with two attached hydrogens (primary N) is 1. The first kappa shape index (κ1) is 9.28. The maximum absolute atomic E-state index is 6.01. The normalized spacial score (nSPS) is 13.7. The Labute approximate surface area is 83.7 Å². The Kier molecular flexibility index (Phi) is 2.30. The predicted molar refractivity (Wildman–Crippen MR) is 58.0 cm³/mol. The van der Waals surface area contributed by atoms with Crippen molar-refractivity contribution in [1.82, 2.24) is 0 Å². The molecule has 2 rings (SSSR count). The van der Waals surface area contributed by atoms with Crippen LogP contribution in [0.4, 0.5) is 0 Å². The lowest BCUT2D eigenvalue weighted by atomic mass is 10.0. The second kappa shape index (κ2) is 3.46. The molecule has 14 heavy (non-hydrogen) atoms. The fourth-order valence-electron chi connectivity index (χ4n) is 1.50. The van der Waals surface area contributed by atoms with Crippen molar-refractivity contribution in [1.29, 1.82) is 0 Å². The molecule has 0 amide bonds. The summed E-state index contributed by atoms with van der Waals surface area (Å²) in [6, 6.07) is 9.99. The van der Waals surface area contributed by atoms with Crippen molar-refractivity contribution in [3.8, 4) is 0 Å². The van der Waals surface area contributed by atoms with E-state index < -0.39 is 0 Å². The third-order valence-electron chi connectivity index (χ3n) is 2.49. The van der Waals surface area contributed by atoms with Crippen LogP contribution in [0, 0.1) is 5.92 Å². The summed E-state index contributed by atoms with van der Waals surface area (Å²) >= 11 is 0. The second-order valence-electron chi connectivity index (χ2n) is 3.96. The number of benzene rings is 1. The van der Waals surface area contributed by atoms with Gasteiger partial charge in [0.2, 0.25) is 0 Å². The van der Waals surface area contributed by atoms with Gasteiger partial charge in [-0.1, -0.05) is 32.0 Å². The zero-order chi connectivity index (χ0) is 10.1. The molecule has 1 atom stereocenters. The molecule has 0 unspecified atom stereocenters. The maximum atomic E-state index is 6.01. The van der Waals surface area contributed by atoms with Gasteiger partial charge >= 0.3 is 0 Å². The Morgan fingerprint density at radius 1 is 1.21 bits per heavy atom. The van der Waals surface area contributed by atoms with Gasteiger partial charge in [-0.15, -0.1) is 0 Å². The van der Waals surface area contributed by atoms with Crippen LogP contribution in [0.25, 0.3) is 11.0 Å². The highest BCUT2D eigenvalue weighted by atomic mass is 16.3. The van der Waals surface area contributed by atoms with E-state index in [1.54, 1.807) is 0 Å². The molecule has 2 heteroatoms. The van der Waals surface area contributed by atoms with E-state index in [-0.39, 0.29) is 6.04 Å². The molecule has 2 nitrogen and oxygen atoms in total. The zero-order valence-corrected chi connectivity index (χ0v) is 8.53. The topological polar surface area (TPSA) is 39.2 Å². The highest BCUT2D eigenvalue weighted by Crippen LogP contribution is 2.26. The van der Waals surface area contributed by atoms with Gasteiger partial charge in [-0.3, -0.25) is 0 Å². The van der Waals surface area contributed by atoms with Crippen LogP contribution < -0.4 is 5.73 Å². The van der Waals surface area contributed by atoms with E-state index in [1.807, 2.05) is 30.3 Å². The number of furan rings is 1. The van der Waals surface area contributed by atoms with E-state index in [2.05, 4.69) is 13.8 Å². The summed E-state index contributed by atoms with van der Waals surface area (Å²) in [5, 5.41) is 1.12. The number of hydrogen-bond acceptors (Lipinski definition) is 2. The van der Waals surface area contributed by atoms with Crippen molar-refractivity contribution in [3.05, 3.63) is 36.1 Å². The van der Waals surface area contributed by atoms with Gasteiger partial charge in [0.1, 0.15) is 11.3 Å². The molecule has 0 saturated carbocycles. The molecule has 0 aliphatic heterocycles. The third-order valence-corrected chi connectivity index (χ3v) is 2.49. The summed E-state index contributed by atoms with van der Waals surface area (Å²) in [7, 11) is 0. The van der Waals surface area contributed by atoms with Gasteiger partial charge in [-0.2, -0.15) is 0 Å². The first-order chi connectivity index (χ1) is 6.68. The Balaban J connectivity index is 2.45. The molecular weight excluding hydrogens is 174 g/mol. The first-order valence-corrected chi connectivity index (χ1v) is 4.92. The van der Waals surface area contributed by atoms with E-state index in [0.29, 0.717) is 5.92 Å². The van der Waals surface area contributed by atoms with Gasteiger partial charge in [-0.25, -0.2) is 0 Å². The Morgan fingerprint density at radius 3 is 2.57 bits per heavy atom. The van der Waals surface area contributed by atoms with E-state index >= 15 is 0 Å². The predicted octanol–water partition coefficient (Wildman–Crippen LogP) is 3.09. The van der Waals surface area contributed by atoms with E-state index in [1.165, 1.54) is 0 Å². The third kappa shape index (κ3) is 1.53. The van der Waals surface area contributed by atoms with Crippen LogP contribution in [0.15, 0.2) is 34.7 Å².